The number of carbonyl (C=O) groups is 1. The molecule has 0 spiro atoms. The fourth-order valence-corrected chi connectivity index (χ4v) is 2.22. The van der Waals surface area contributed by atoms with E-state index in [1.807, 2.05) is 17.4 Å². The lowest BCUT2D eigenvalue weighted by atomic mass is 10.5. The van der Waals surface area contributed by atoms with Crippen LogP contribution in [0.15, 0.2) is 0 Å². The average molecular weight is 209 g/mol. The van der Waals surface area contributed by atoms with Gasteiger partial charge >= 0.3 is 0 Å². The van der Waals surface area contributed by atoms with Crippen LogP contribution in [0.5, 0.6) is 0 Å². The van der Waals surface area contributed by atoms with Gasteiger partial charge in [-0.05, 0) is 12.5 Å². The Labute approximate surface area is 79.6 Å². The van der Waals surface area contributed by atoms with E-state index < -0.39 is 9.06 Å². The summed E-state index contributed by atoms with van der Waals surface area (Å²) in [5.74, 6) is 0. The molecule has 0 atom stereocenters. The molecular formula is C7H15NO2S2. The number of ether oxygens (including phenoxy) is 1. The van der Waals surface area contributed by atoms with Crippen LogP contribution in [-0.2, 0) is 4.74 Å². The van der Waals surface area contributed by atoms with Crippen LogP contribution in [0.2, 0.25) is 0 Å². The zero-order valence-corrected chi connectivity index (χ0v) is 9.16. The van der Waals surface area contributed by atoms with Gasteiger partial charge in [0.2, 0.25) is 0 Å². The van der Waals surface area contributed by atoms with E-state index in [4.69, 9.17) is 4.74 Å². The summed E-state index contributed by atoms with van der Waals surface area (Å²) in [5.41, 5.74) is 0. The van der Waals surface area contributed by atoms with Crippen molar-refractivity contribution in [1.82, 2.24) is 4.90 Å². The fourth-order valence-electron chi connectivity index (χ4n) is 1.06. The summed E-state index contributed by atoms with van der Waals surface area (Å²) in [6.45, 7) is 2.76. The first-order chi connectivity index (χ1) is 5.52. The first-order valence-electron chi connectivity index (χ1n) is 3.84. The largest absolute Gasteiger partial charge is 0.378 e. The van der Waals surface area contributed by atoms with Crippen LogP contribution in [0.25, 0.3) is 0 Å². The molecule has 0 aromatic carbocycles. The van der Waals surface area contributed by atoms with Crippen molar-refractivity contribution in [3.63, 3.8) is 0 Å². The summed E-state index contributed by atoms with van der Waals surface area (Å²) >= 11 is 4.31. The minimum absolute atomic E-state index is 0.175. The molecule has 1 aliphatic rings. The number of amides is 1. The average Bonchev–Trinajstić information content (AvgIpc) is 2.03. The minimum atomic E-state index is -1.38. The number of carbonyl (C=O) groups excluding carboxylic acids is 1. The first kappa shape index (κ1) is 10.2. The molecule has 1 heterocycles. The summed E-state index contributed by atoms with van der Waals surface area (Å²) in [7, 11) is -1.38. The standard InChI is InChI=1S/C7H15NO2S2/c1-12(2,11)7(9)8-3-5-10-6-4-8/h11H,3-6H2,1-2H3. The predicted molar refractivity (Wildman–Crippen MR) is 56.2 cm³/mol. The third-order valence-electron chi connectivity index (χ3n) is 1.70. The fraction of sp³-hybridized carbons (Fsp3) is 0.857. The Balaban J connectivity index is 2.51. The Morgan fingerprint density at radius 2 is 1.92 bits per heavy atom. The molecule has 0 aromatic rings. The van der Waals surface area contributed by atoms with Crippen LogP contribution in [0, 0.1) is 0 Å². The van der Waals surface area contributed by atoms with E-state index in [2.05, 4.69) is 11.7 Å². The third-order valence-corrected chi connectivity index (χ3v) is 3.28. The van der Waals surface area contributed by atoms with Crippen LogP contribution in [0.3, 0.4) is 0 Å². The second kappa shape index (κ2) is 3.89. The van der Waals surface area contributed by atoms with Gasteiger partial charge in [0.25, 0.3) is 5.24 Å². The van der Waals surface area contributed by atoms with E-state index in [9.17, 15) is 4.79 Å². The summed E-state index contributed by atoms with van der Waals surface area (Å²) in [6, 6.07) is 0. The Morgan fingerprint density at radius 1 is 1.42 bits per heavy atom. The molecule has 0 aliphatic carbocycles. The number of thiol groups is 1. The lowest BCUT2D eigenvalue weighted by molar-refractivity contribution is 0.0592. The van der Waals surface area contributed by atoms with Gasteiger partial charge < -0.3 is 9.64 Å². The summed E-state index contributed by atoms with van der Waals surface area (Å²) < 4.78 is 5.15. The van der Waals surface area contributed by atoms with E-state index >= 15 is 0 Å². The van der Waals surface area contributed by atoms with Crippen molar-refractivity contribution in [3.05, 3.63) is 0 Å². The topological polar surface area (TPSA) is 29.5 Å². The molecule has 1 rings (SSSR count). The van der Waals surface area contributed by atoms with E-state index in [0.29, 0.717) is 13.2 Å². The van der Waals surface area contributed by atoms with Gasteiger partial charge in [-0.2, -0.15) is 0 Å². The molecule has 1 saturated heterocycles. The van der Waals surface area contributed by atoms with Crippen molar-refractivity contribution in [2.75, 3.05) is 38.8 Å². The van der Waals surface area contributed by atoms with E-state index in [-0.39, 0.29) is 5.24 Å². The highest BCUT2D eigenvalue weighted by atomic mass is 33.1. The van der Waals surface area contributed by atoms with Gasteiger partial charge in [0.1, 0.15) is 0 Å². The molecule has 1 fully saturated rings. The molecule has 1 amide bonds. The number of hydrogen-bond donors (Lipinski definition) is 1. The maximum Gasteiger partial charge on any atom is 0.272 e. The quantitative estimate of drug-likeness (QED) is 0.482. The normalized spacial score (nSPS) is 20.8. The van der Waals surface area contributed by atoms with Crippen molar-refractivity contribution < 1.29 is 9.53 Å². The molecule has 5 heteroatoms. The van der Waals surface area contributed by atoms with Gasteiger partial charge in [-0.1, -0.05) is 0 Å². The highest BCUT2D eigenvalue weighted by molar-refractivity contribution is 8.93. The zero-order chi connectivity index (χ0) is 9.19. The summed E-state index contributed by atoms with van der Waals surface area (Å²) in [4.78, 5) is 13.5. The Hall–Kier alpha value is 0.130. The van der Waals surface area contributed by atoms with Crippen LogP contribution in [-0.4, -0.2) is 49.0 Å². The monoisotopic (exact) mass is 209 g/mol. The van der Waals surface area contributed by atoms with Crippen molar-refractivity contribution >= 4 is 26.0 Å². The third kappa shape index (κ3) is 2.57. The minimum Gasteiger partial charge on any atom is -0.378 e. The Bertz CT molecular complexity index is 173. The number of hydrogen-bond acceptors (Lipinski definition) is 3. The second-order valence-corrected chi connectivity index (χ2v) is 8.77. The van der Waals surface area contributed by atoms with Crippen LogP contribution in [0.4, 0.5) is 4.79 Å². The van der Waals surface area contributed by atoms with Crippen molar-refractivity contribution in [2.45, 2.75) is 0 Å². The second-order valence-electron chi connectivity index (χ2n) is 3.14. The molecule has 0 N–H and O–H groups in total. The molecular weight excluding hydrogens is 194 g/mol. The van der Waals surface area contributed by atoms with E-state index in [1.165, 1.54) is 0 Å². The summed E-state index contributed by atoms with van der Waals surface area (Å²) in [6.07, 6.45) is 3.79. The Kier molecular flexibility index (Phi) is 3.31. The molecule has 1 aliphatic heterocycles. The molecule has 0 unspecified atom stereocenters. The SMILES string of the molecule is CS(C)(S)C(=O)N1CCOCC1. The molecule has 0 bridgehead atoms. The van der Waals surface area contributed by atoms with Crippen LogP contribution < -0.4 is 0 Å². The van der Waals surface area contributed by atoms with Crippen molar-refractivity contribution in [1.29, 1.82) is 0 Å². The van der Waals surface area contributed by atoms with Crippen molar-refractivity contribution in [2.24, 2.45) is 0 Å². The van der Waals surface area contributed by atoms with E-state index in [0.717, 1.165) is 13.1 Å². The molecule has 72 valence electrons. The molecule has 0 saturated carbocycles. The van der Waals surface area contributed by atoms with Gasteiger partial charge in [0, 0.05) is 13.1 Å². The van der Waals surface area contributed by atoms with Gasteiger partial charge in [-0.25, -0.2) is 0 Å². The smallest absolute Gasteiger partial charge is 0.272 e. The highest BCUT2D eigenvalue weighted by Crippen LogP contribution is 2.47. The maximum atomic E-state index is 11.7. The van der Waals surface area contributed by atoms with Gasteiger partial charge in [0.15, 0.2) is 0 Å². The molecule has 12 heavy (non-hydrogen) atoms. The van der Waals surface area contributed by atoms with Gasteiger partial charge in [0.05, 0.1) is 13.2 Å². The zero-order valence-electron chi connectivity index (χ0n) is 7.45. The van der Waals surface area contributed by atoms with Gasteiger partial charge in [-0.3, -0.25) is 4.79 Å². The number of nitrogens with zero attached hydrogens (tertiary/aromatic N) is 1. The predicted octanol–water partition coefficient (Wildman–Crippen LogP) is 1.35. The maximum absolute atomic E-state index is 11.7. The molecule has 0 aromatic heterocycles. The summed E-state index contributed by atoms with van der Waals surface area (Å²) in [5, 5.41) is 0.175. The Morgan fingerprint density at radius 3 is 2.33 bits per heavy atom. The van der Waals surface area contributed by atoms with E-state index in [1.54, 1.807) is 0 Å². The van der Waals surface area contributed by atoms with Gasteiger partial charge in [-0.15, -0.1) is 20.7 Å². The lowest BCUT2D eigenvalue weighted by Gasteiger charge is -2.33. The van der Waals surface area contributed by atoms with Crippen molar-refractivity contribution in [3.8, 4) is 0 Å². The number of rotatable bonds is 0. The molecule has 0 radical (unpaired) electrons. The lowest BCUT2D eigenvalue weighted by Crippen LogP contribution is -2.40. The first-order valence-corrected chi connectivity index (χ1v) is 7.34. The number of morpholine rings is 1. The molecule has 3 nitrogen and oxygen atoms in total. The van der Waals surface area contributed by atoms with Crippen LogP contribution >= 0.6 is 20.7 Å². The highest BCUT2D eigenvalue weighted by Gasteiger charge is 2.25. The van der Waals surface area contributed by atoms with Crippen LogP contribution in [0.1, 0.15) is 0 Å².